The number of hydrogen-bond acceptors (Lipinski definition) is 5. The van der Waals surface area contributed by atoms with E-state index in [0.717, 1.165) is 5.56 Å². The van der Waals surface area contributed by atoms with Gasteiger partial charge in [0.15, 0.2) is 0 Å². The minimum absolute atomic E-state index is 0.0423. The van der Waals surface area contributed by atoms with Crippen LogP contribution in [0.2, 0.25) is 0 Å². The van der Waals surface area contributed by atoms with Crippen molar-refractivity contribution in [3.8, 4) is 0 Å². The Hall–Kier alpha value is -2.63. The zero-order chi connectivity index (χ0) is 16.0. The Bertz CT molecular complexity index is 588. The molecule has 0 atom stereocenters. The van der Waals surface area contributed by atoms with Crippen LogP contribution in [0.3, 0.4) is 0 Å². The van der Waals surface area contributed by atoms with Gasteiger partial charge in [-0.1, -0.05) is 18.2 Å². The van der Waals surface area contributed by atoms with Gasteiger partial charge in [0.25, 0.3) is 0 Å². The van der Waals surface area contributed by atoms with Gasteiger partial charge in [0, 0.05) is 5.57 Å². The van der Waals surface area contributed by atoms with Gasteiger partial charge < -0.3 is 14.6 Å². The molecule has 6 nitrogen and oxygen atoms in total. The number of aromatic carboxylic acids is 1. The molecule has 0 bridgehead atoms. The number of carbonyl (C=O) groups is 3. The third-order valence-corrected chi connectivity index (χ3v) is 2.52. The van der Waals surface area contributed by atoms with E-state index in [9.17, 15) is 14.4 Å². The zero-order valence-corrected chi connectivity index (χ0v) is 11.8. The van der Waals surface area contributed by atoms with E-state index >= 15 is 0 Å². The van der Waals surface area contributed by atoms with Crippen molar-refractivity contribution < 1.29 is 29.0 Å². The SMILES string of the molecule is C=C(C)C(=O)OCCOC(=O)c1ccc(C)cc1C(=O)O. The van der Waals surface area contributed by atoms with Gasteiger partial charge in [-0.05, 0) is 26.0 Å². The summed E-state index contributed by atoms with van der Waals surface area (Å²) in [5.41, 5.74) is 0.797. The van der Waals surface area contributed by atoms with Crippen LogP contribution in [-0.2, 0) is 14.3 Å². The summed E-state index contributed by atoms with van der Waals surface area (Å²) in [6.07, 6.45) is 0. The molecular weight excluding hydrogens is 276 g/mol. The Kier molecular flexibility index (Phi) is 5.66. The van der Waals surface area contributed by atoms with Crippen molar-refractivity contribution in [2.24, 2.45) is 0 Å². The molecule has 0 heterocycles. The maximum atomic E-state index is 11.8. The number of rotatable bonds is 6. The lowest BCUT2D eigenvalue weighted by Crippen LogP contribution is -2.16. The maximum absolute atomic E-state index is 11.8. The number of esters is 2. The van der Waals surface area contributed by atoms with Crippen LogP contribution in [0.25, 0.3) is 0 Å². The van der Waals surface area contributed by atoms with Crippen molar-refractivity contribution in [2.45, 2.75) is 13.8 Å². The smallest absolute Gasteiger partial charge is 0.339 e. The van der Waals surface area contributed by atoms with Gasteiger partial charge in [0.05, 0.1) is 11.1 Å². The van der Waals surface area contributed by atoms with E-state index in [-0.39, 0.29) is 29.9 Å². The summed E-state index contributed by atoms with van der Waals surface area (Å²) in [5, 5.41) is 9.06. The molecular formula is C15H16O6. The summed E-state index contributed by atoms with van der Waals surface area (Å²) in [4.78, 5) is 34.0. The molecule has 1 aromatic carbocycles. The summed E-state index contributed by atoms with van der Waals surface area (Å²) in [7, 11) is 0. The average molecular weight is 292 g/mol. The van der Waals surface area contributed by atoms with E-state index in [1.807, 2.05) is 0 Å². The van der Waals surface area contributed by atoms with Gasteiger partial charge in [-0.15, -0.1) is 0 Å². The Labute approximate surface area is 122 Å². The first kappa shape index (κ1) is 16.4. The zero-order valence-electron chi connectivity index (χ0n) is 11.8. The molecule has 0 aliphatic rings. The summed E-state index contributed by atoms with van der Waals surface area (Å²) in [6, 6.07) is 4.39. The fourth-order valence-corrected chi connectivity index (χ4v) is 1.48. The molecule has 0 aliphatic carbocycles. The maximum Gasteiger partial charge on any atom is 0.339 e. The molecule has 0 spiro atoms. The van der Waals surface area contributed by atoms with Crippen LogP contribution >= 0.6 is 0 Å². The molecule has 0 amide bonds. The quantitative estimate of drug-likeness (QED) is 0.490. The Balaban J connectivity index is 2.62. The fourth-order valence-electron chi connectivity index (χ4n) is 1.48. The van der Waals surface area contributed by atoms with Crippen LogP contribution in [0.1, 0.15) is 33.2 Å². The Morgan fingerprint density at radius 3 is 2.33 bits per heavy atom. The van der Waals surface area contributed by atoms with Crippen molar-refractivity contribution in [1.82, 2.24) is 0 Å². The fraction of sp³-hybridized carbons (Fsp3) is 0.267. The van der Waals surface area contributed by atoms with E-state index in [0.29, 0.717) is 0 Å². The van der Waals surface area contributed by atoms with Crippen LogP contribution in [0.4, 0.5) is 0 Å². The topological polar surface area (TPSA) is 89.9 Å². The van der Waals surface area contributed by atoms with Crippen molar-refractivity contribution >= 4 is 17.9 Å². The highest BCUT2D eigenvalue weighted by Gasteiger charge is 2.17. The number of carboxylic acid groups (broad SMARTS) is 1. The summed E-state index contributed by atoms with van der Waals surface area (Å²) in [5.74, 6) is -2.56. The molecule has 0 aliphatic heterocycles. The van der Waals surface area contributed by atoms with Crippen LogP contribution in [0.15, 0.2) is 30.4 Å². The Morgan fingerprint density at radius 2 is 1.76 bits per heavy atom. The van der Waals surface area contributed by atoms with E-state index in [4.69, 9.17) is 14.6 Å². The van der Waals surface area contributed by atoms with E-state index in [1.54, 1.807) is 13.0 Å². The molecule has 1 rings (SSSR count). The molecule has 1 aromatic rings. The second-order valence-electron chi connectivity index (χ2n) is 4.41. The van der Waals surface area contributed by atoms with Gasteiger partial charge in [0.2, 0.25) is 0 Å². The standard InChI is InChI=1S/C15H16O6/c1-9(2)14(18)20-6-7-21-15(19)11-5-4-10(3)8-12(11)13(16)17/h4-5,8H,1,6-7H2,2-3H3,(H,16,17). The molecule has 0 saturated carbocycles. The van der Waals surface area contributed by atoms with E-state index in [1.165, 1.54) is 19.1 Å². The third-order valence-electron chi connectivity index (χ3n) is 2.52. The van der Waals surface area contributed by atoms with E-state index in [2.05, 4.69) is 6.58 Å². The van der Waals surface area contributed by atoms with Crippen molar-refractivity contribution in [2.75, 3.05) is 13.2 Å². The second-order valence-corrected chi connectivity index (χ2v) is 4.41. The van der Waals surface area contributed by atoms with Gasteiger partial charge in [-0.2, -0.15) is 0 Å². The van der Waals surface area contributed by atoms with E-state index < -0.39 is 17.9 Å². The normalized spacial score (nSPS) is 9.81. The molecule has 0 aromatic heterocycles. The molecule has 0 unspecified atom stereocenters. The Morgan fingerprint density at radius 1 is 1.14 bits per heavy atom. The predicted octanol–water partition coefficient (Wildman–Crippen LogP) is 1.97. The van der Waals surface area contributed by atoms with Crippen LogP contribution in [0, 0.1) is 6.92 Å². The molecule has 6 heteroatoms. The molecule has 1 N–H and O–H groups in total. The number of benzene rings is 1. The molecule has 112 valence electrons. The molecule has 0 saturated heterocycles. The van der Waals surface area contributed by atoms with Gasteiger partial charge in [-0.25, -0.2) is 14.4 Å². The molecule has 21 heavy (non-hydrogen) atoms. The van der Waals surface area contributed by atoms with Gasteiger partial charge in [0.1, 0.15) is 13.2 Å². The number of ether oxygens (including phenoxy) is 2. The first-order chi connectivity index (χ1) is 9.82. The number of hydrogen-bond donors (Lipinski definition) is 1. The van der Waals surface area contributed by atoms with Crippen molar-refractivity contribution in [3.05, 3.63) is 47.0 Å². The third kappa shape index (κ3) is 4.76. The lowest BCUT2D eigenvalue weighted by Gasteiger charge is -2.08. The van der Waals surface area contributed by atoms with Crippen molar-refractivity contribution in [3.63, 3.8) is 0 Å². The average Bonchev–Trinajstić information content (AvgIpc) is 2.42. The number of carbonyl (C=O) groups excluding carboxylic acids is 2. The summed E-state index contributed by atoms with van der Waals surface area (Å²) < 4.78 is 9.63. The largest absolute Gasteiger partial charge is 0.478 e. The van der Waals surface area contributed by atoms with Crippen molar-refractivity contribution in [1.29, 1.82) is 0 Å². The molecule has 0 radical (unpaired) electrons. The lowest BCUT2D eigenvalue weighted by molar-refractivity contribution is -0.140. The lowest BCUT2D eigenvalue weighted by atomic mass is 10.0. The van der Waals surface area contributed by atoms with Crippen LogP contribution in [0.5, 0.6) is 0 Å². The summed E-state index contributed by atoms with van der Waals surface area (Å²) in [6.45, 7) is 6.35. The monoisotopic (exact) mass is 292 g/mol. The highest BCUT2D eigenvalue weighted by Crippen LogP contribution is 2.13. The highest BCUT2D eigenvalue weighted by molar-refractivity contribution is 6.02. The predicted molar refractivity (Wildman–Crippen MR) is 74.2 cm³/mol. The van der Waals surface area contributed by atoms with Gasteiger partial charge >= 0.3 is 17.9 Å². The first-order valence-electron chi connectivity index (χ1n) is 6.16. The molecule has 0 fully saturated rings. The van der Waals surface area contributed by atoms with Gasteiger partial charge in [-0.3, -0.25) is 0 Å². The number of aryl methyl sites for hydroxylation is 1. The summed E-state index contributed by atoms with van der Waals surface area (Å²) >= 11 is 0. The van der Waals surface area contributed by atoms with Crippen LogP contribution in [-0.4, -0.2) is 36.2 Å². The minimum Gasteiger partial charge on any atom is -0.478 e. The first-order valence-corrected chi connectivity index (χ1v) is 6.16. The van der Waals surface area contributed by atoms with Crippen LogP contribution < -0.4 is 0 Å². The second kappa shape index (κ2) is 7.23. The number of carboxylic acids is 1. The highest BCUT2D eigenvalue weighted by atomic mass is 16.6. The minimum atomic E-state index is -1.21.